The van der Waals surface area contributed by atoms with E-state index in [1.807, 2.05) is 30.3 Å². The van der Waals surface area contributed by atoms with Gasteiger partial charge in [-0.25, -0.2) is 0 Å². The Labute approximate surface area is 106 Å². The third kappa shape index (κ3) is 12.4. The van der Waals surface area contributed by atoms with Crippen LogP contribution in [0.3, 0.4) is 0 Å². The molecule has 1 aromatic rings. The Morgan fingerprint density at radius 1 is 1.33 bits per heavy atom. The highest BCUT2D eigenvalue weighted by Gasteiger charge is 1.94. The van der Waals surface area contributed by atoms with E-state index >= 15 is 0 Å². The monoisotopic (exact) mass is 275 g/mol. The average molecular weight is 275 g/mol. The van der Waals surface area contributed by atoms with E-state index in [0.717, 1.165) is 5.69 Å². The van der Waals surface area contributed by atoms with Crippen LogP contribution in [0, 0.1) is 5.41 Å². The van der Waals surface area contributed by atoms with Crippen molar-refractivity contribution in [2.24, 2.45) is 0 Å². The van der Waals surface area contributed by atoms with E-state index in [4.69, 9.17) is 15.1 Å². The van der Waals surface area contributed by atoms with Gasteiger partial charge < -0.3 is 15.7 Å². The number of nitrogens with one attached hydrogen (secondary N) is 3. The fourth-order valence-corrected chi connectivity index (χ4v) is 0.891. The molecule has 0 aliphatic heterocycles. The second kappa shape index (κ2) is 8.45. The maximum absolute atomic E-state index is 9.19. The van der Waals surface area contributed by atoms with Crippen molar-refractivity contribution in [3.63, 3.8) is 0 Å². The van der Waals surface area contributed by atoms with Gasteiger partial charge in [-0.05, 0) is 12.1 Å². The predicted molar refractivity (Wildman–Crippen MR) is 70.4 cm³/mol. The Morgan fingerprint density at radius 3 is 2.28 bits per heavy atom. The van der Waals surface area contributed by atoms with Crippen molar-refractivity contribution in [1.29, 1.82) is 5.41 Å². The number of benzene rings is 1. The lowest BCUT2D eigenvalue weighted by atomic mass is 10.3. The molecular formula is C10H17N3O4S. The van der Waals surface area contributed by atoms with Crippen molar-refractivity contribution in [3.05, 3.63) is 30.3 Å². The molecule has 0 amide bonds. The Bertz CT molecular complexity index is 439. The number of hydrogen-bond acceptors (Lipinski definition) is 4. The summed E-state index contributed by atoms with van der Waals surface area (Å²) in [6.45, 7) is 0.414. The summed E-state index contributed by atoms with van der Waals surface area (Å²) >= 11 is 0. The number of rotatable bonds is 3. The Kier molecular flexibility index (Phi) is 7.68. The lowest BCUT2D eigenvalue weighted by Crippen LogP contribution is -2.31. The first kappa shape index (κ1) is 16.4. The van der Waals surface area contributed by atoms with E-state index in [1.54, 1.807) is 0 Å². The standard InChI is InChI=1S/C9H13N3O.CH4O3S/c10-9(11-6-7-13)12-8-4-2-1-3-5-8;1-5(2,3)4/h1-5,13H,6-7H2,(H3,10,11,12);1H3,(H,2,3,4). The highest BCUT2D eigenvalue weighted by molar-refractivity contribution is 7.85. The van der Waals surface area contributed by atoms with E-state index in [2.05, 4.69) is 10.6 Å². The van der Waals surface area contributed by atoms with Crippen LogP contribution in [-0.4, -0.2) is 43.4 Å². The van der Waals surface area contributed by atoms with Crippen LogP contribution in [0.1, 0.15) is 0 Å². The molecule has 0 aliphatic carbocycles. The summed E-state index contributed by atoms with van der Waals surface area (Å²) in [5.41, 5.74) is 0.859. The van der Waals surface area contributed by atoms with E-state index in [0.29, 0.717) is 12.8 Å². The minimum Gasteiger partial charge on any atom is -0.395 e. The van der Waals surface area contributed by atoms with Crippen LogP contribution in [0.15, 0.2) is 30.3 Å². The van der Waals surface area contributed by atoms with Crippen LogP contribution < -0.4 is 10.6 Å². The van der Waals surface area contributed by atoms with Gasteiger partial charge >= 0.3 is 0 Å². The number of aliphatic hydroxyl groups is 1. The van der Waals surface area contributed by atoms with Gasteiger partial charge in [0.1, 0.15) is 0 Å². The number of para-hydroxylation sites is 1. The van der Waals surface area contributed by atoms with Crippen LogP contribution >= 0.6 is 0 Å². The minimum atomic E-state index is -3.67. The fraction of sp³-hybridized carbons (Fsp3) is 0.300. The molecule has 7 nitrogen and oxygen atoms in total. The molecular weight excluding hydrogens is 258 g/mol. The molecule has 0 fully saturated rings. The number of anilines is 1. The van der Waals surface area contributed by atoms with Crippen LogP contribution in [0.4, 0.5) is 5.69 Å². The lowest BCUT2D eigenvalue weighted by molar-refractivity contribution is 0.300. The van der Waals surface area contributed by atoms with Gasteiger partial charge in [-0.2, -0.15) is 8.42 Å². The van der Waals surface area contributed by atoms with Crippen LogP contribution in [-0.2, 0) is 10.1 Å². The molecule has 0 heterocycles. The summed E-state index contributed by atoms with van der Waals surface area (Å²) in [7, 11) is -3.67. The molecule has 0 atom stereocenters. The third-order valence-electron chi connectivity index (χ3n) is 1.46. The SMILES string of the molecule is CS(=O)(=O)O.N=C(NCCO)Nc1ccccc1. The van der Waals surface area contributed by atoms with Gasteiger partial charge in [0.05, 0.1) is 12.9 Å². The van der Waals surface area contributed by atoms with Crippen LogP contribution in [0.25, 0.3) is 0 Å². The number of aliphatic hydroxyl groups excluding tert-OH is 1. The van der Waals surface area contributed by atoms with Crippen molar-refractivity contribution in [2.75, 3.05) is 24.7 Å². The largest absolute Gasteiger partial charge is 0.395 e. The zero-order valence-corrected chi connectivity index (χ0v) is 10.7. The molecule has 0 aromatic heterocycles. The average Bonchev–Trinajstić information content (AvgIpc) is 2.25. The zero-order chi connectivity index (χ0) is 14.0. The maximum Gasteiger partial charge on any atom is 0.261 e. The van der Waals surface area contributed by atoms with Crippen LogP contribution in [0.5, 0.6) is 0 Å². The molecule has 1 rings (SSSR count). The first-order valence-electron chi connectivity index (χ1n) is 5.00. The van der Waals surface area contributed by atoms with Gasteiger partial charge in [-0.1, -0.05) is 18.2 Å². The molecule has 18 heavy (non-hydrogen) atoms. The second-order valence-corrected chi connectivity index (χ2v) is 4.72. The predicted octanol–water partition coefficient (Wildman–Crippen LogP) is 0.119. The first-order chi connectivity index (χ1) is 8.33. The summed E-state index contributed by atoms with van der Waals surface area (Å²) in [6, 6.07) is 9.43. The van der Waals surface area contributed by atoms with Crippen molar-refractivity contribution in [2.45, 2.75) is 0 Å². The summed E-state index contributed by atoms with van der Waals surface area (Å²) in [6.07, 6.45) is 0.715. The van der Waals surface area contributed by atoms with Crippen molar-refractivity contribution >= 4 is 21.8 Å². The summed E-state index contributed by atoms with van der Waals surface area (Å²) in [4.78, 5) is 0. The summed E-state index contributed by atoms with van der Waals surface area (Å²) in [5.74, 6) is 0.195. The minimum absolute atomic E-state index is 0.0266. The van der Waals surface area contributed by atoms with Gasteiger partial charge in [-0.15, -0.1) is 0 Å². The molecule has 0 unspecified atom stereocenters. The normalized spacial score (nSPS) is 9.94. The molecule has 0 saturated heterocycles. The van der Waals surface area contributed by atoms with Gasteiger partial charge in [0, 0.05) is 12.2 Å². The Morgan fingerprint density at radius 2 is 1.83 bits per heavy atom. The molecule has 0 saturated carbocycles. The van der Waals surface area contributed by atoms with Crippen molar-refractivity contribution < 1.29 is 18.1 Å². The maximum atomic E-state index is 9.19. The van der Waals surface area contributed by atoms with Crippen LogP contribution in [0.2, 0.25) is 0 Å². The first-order valence-corrected chi connectivity index (χ1v) is 6.85. The molecule has 102 valence electrons. The zero-order valence-electron chi connectivity index (χ0n) is 9.92. The Balaban J connectivity index is 0.000000494. The van der Waals surface area contributed by atoms with Crippen molar-refractivity contribution in [3.8, 4) is 0 Å². The third-order valence-corrected chi connectivity index (χ3v) is 1.46. The van der Waals surface area contributed by atoms with Gasteiger partial charge in [0.15, 0.2) is 5.96 Å². The van der Waals surface area contributed by atoms with Crippen molar-refractivity contribution in [1.82, 2.24) is 5.32 Å². The topological polar surface area (TPSA) is 123 Å². The highest BCUT2D eigenvalue weighted by atomic mass is 32.2. The van der Waals surface area contributed by atoms with E-state index < -0.39 is 10.1 Å². The van der Waals surface area contributed by atoms with E-state index in [9.17, 15) is 8.42 Å². The molecule has 0 spiro atoms. The molecule has 8 heteroatoms. The second-order valence-electron chi connectivity index (χ2n) is 3.25. The van der Waals surface area contributed by atoms with Gasteiger partial charge in [0.2, 0.25) is 0 Å². The Hall–Kier alpha value is -1.64. The lowest BCUT2D eigenvalue weighted by Gasteiger charge is -2.08. The molecule has 0 aliphatic rings. The highest BCUT2D eigenvalue weighted by Crippen LogP contribution is 2.03. The van der Waals surface area contributed by atoms with E-state index in [-0.39, 0.29) is 12.6 Å². The number of guanidine groups is 1. The quantitative estimate of drug-likeness (QED) is 0.303. The van der Waals surface area contributed by atoms with E-state index in [1.165, 1.54) is 0 Å². The number of hydrogen-bond donors (Lipinski definition) is 5. The smallest absolute Gasteiger partial charge is 0.261 e. The van der Waals surface area contributed by atoms with Gasteiger partial charge in [-0.3, -0.25) is 9.96 Å². The molecule has 0 radical (unpaired) electrons. The molecule has 1 aromatic carbocycles. The molecule has 5 N–H and O–H groups in total. The fourth-order valence-electron chi connectivity index (χ4n) is 0.891. The van der Waals surface area contributed by atoms with Gasteiger partial charge in [0.25, 0.3) is 10.1 Å². The molecule has 0 bridgehead atoms. The summed E-state index contributed by atoms with van der Waals surface area (Å²) in [5, 5.41) is 21.4. The summed E-state index contributed by atoms with van der Waals surface area (Å²) < 4.78 is 25.9.